The molecule has 0 fully saturated rings. The zero-order valence-electron chi connectivity index (χ0n) is 8.84. The van der Waals surface area contributed by atoms with Crippen LogP contribution in [0.15, 0.2) is 33.7 Å². The minimum absolute atomic E-state index is 0.0232. The molecule has 6 heteroatoms. The molecule has 86 valence electrons. The lowest BCUT2D eigenvalue weighted by Gasteiger charge is -1.93. The molecule has 1 aromatic carbocycles. The molecular formula is C11H9N3OS2. The van der Waals surface area contributed by atoms with E-state index in [0.29, 0.717) is 6.42 Å². The molecule has 0 atom stereocenters. The van der Waals surface area contributed by atoms with Gasteiger partial charge in [0.05, 0.1) is 22.3 Å². The lowest BCUT2D eigenvalue weighted by atomic mass is 10.3. The Balaban J connectivity index is 1.71. The third kappa shape index (κ3) is 2.32. The summed E-state index contributed by atoms with van der Waals surface area (Å²) >= 11 is 3.30. The van der Waals surface area contributed by atoms with Crippen LogP contribution in [0, 0.1) is 0 Å². The van der Waals surface area contributed by atoms with Gasteiger partial charge in [0.1, 0.15) is 0 Å². The fourth-order valence-corrected chi connectivity index (χ4v) is 3.55. The molecule has 1 amide bonds. The Kier molecular flexibility index (Phi) is 2.82. The van der Waals surface area contributed by atoms with Crippen LogP contribution >= 0.6 is 23.1 Å². The molecule has 1 aromatic heterocycles. The van der Waals surface area contributed by atoms with Crippen LogP contribution in [0.1, 0.15) is 6.42 Å². The van der Waals surface area contributed by atoms with E-state index in [-0.39, 0.29) is 5.91 Å². The molecular weight excluding hydrogens is 254 g/mol. The van der Waals surface area contributed by atoms with Crippen molar-refractivity contribution in [2.45, 2.75) is 10.8 Å². The number of carbonyl (C=O) groups excluding carboxylic acids is 1. The lowest BCUT2D eigenvalue weighted by Crippen LogP contribution is -2.09. The fraction of sp³-hybridized carbons (Fsp3) is 0.182. The van der Waals surface area contributed by atoms with Crippen molar-refractivity contribution >= 4 is 44.9 Å². The lowest BCUT2D eigenvalue weighted by molar-refractivity contribution is -0.119. The van der Waals surface area contributed by atoms with Gasteiger partial charge >= 0.3 is 0 Å². The third-order valence-electron chi connectivity index (χ3n) is 2.34. The molecule has 0 spiro atoms. The van der Waals surface area contributed by atoms with E-state index >= 15 is 0 Å². The second-order valence-corrected chi connectivity index (χ2v) is 5.88. The molecule has 17 heavy (non-hydrogen) atoms. The molecule has 0 radical (unpaired) electrons. The number of nitrogens with one attached hydrogen (secondary N) is 1. The molecule has 0 saturated carbocycles. The first-order valence-electron chi connectivity index (χ1n) is 5.14. The molecule has 2 heterocycles. The van der Waals surface area contributed by atoms with E-state index in [4.69, 9.17) is 0 Å². The highest BCUT2D eigenvalue weighted by Crippen LogP contribution is 2.29. The van der Waals surface area contributed by atoms with Crippen molar-refractivity contribution in [1.29, 1.82) is 0 Å². The number of benzene rings is 1. The number of para-hydroxylation sites is 1. The van der Waals surface area contributed by atoms with E-state index in [1.165, 1.54) is 4.70 Å². The minimum Gasteiger partial charge on any atom is -0.273 e. The number of carbonyl (C=O) groups is 1. The van der Waals surface area contributed by atoms with Gasteiger partial charge in [-0.1, -0.05) is 23.9 Å². The van der Waals surface area contributed by atoms with Crippen LogP contribution in [0.5, 0.6) is 0 Å². The quantitative estimate of drug-likeness (QED) is 0.864. The summed E-state index contributed by atoms with van der Waals surface area (Å²) in [6, 6.07) is 8.07. The Morgan fingerprint density at radius 3 is 3.06 bits per heavy atom. The number of hydrogen-bond donors (Lipinski definition) is 1. The maximum atomic E-state index is 11.0. The van der Waals surface area contributed by atoms with Gasteiger partial charge in [-0.15, -0.1) is 11.3 Å². The van der Waals surface area contributed by atoms with Crippen LogP contribution < -0.4 is 5.43 Å². The molecule has 0 unspecified atom stereocenters. The minimum atomic E-state index is -0.0232. The molecule has 2 aromatic rings. The molecule has 0 aliphatic carbocycles. The number of amides is 1. The highest BCUT2D eigenvalue weighted by Gasteiger charge is 2.15. The topological polar surface area (TPSA) is 54.4 Å². The van der Waals surface area contributed by atoms with Crippen molar-refractivity contribution in [3.05, 3.63) is 24.3 Å². The smallest absolute Gasteiger partial charge is 0.245 e. The summed E-state index contributed by atoms with van der Waals surface area (Å²) in [7, 11) is 0. The van der Waals surface area contributed by atoms with Crippen molar-refractivity contribution in [2.24, 2.45) is 5.10 Å². The van der Waals surface area contributed by atoms with Crippen LogP contribution in [0.25, 0.3) is 10.2 Å². The Morgan fingerprint density at radius 1 is 1.41 bits per heavy atom. The van der Waals surface area contributed by atoms with Crippen molar-refractivity contribution in [2.75, 3.05) is 5.75 Å². The van der Waals surface area contributed by atoms with E-state index in [0.717, 1.165) is 21.3 Å². The number of hydrogen-bond acceptors (Lipinski definition) is 5. The number of thiazole rings is 1. The van der Waals surface area contributed by atoms with Gasteiger partial charge in [0.15, 0.2) is 4.34 Å². The van der Waals surface area contributed by atoms with Crippen LogP contribution in [-0.2, 0) is 4.79 Å². The number of thioether (sulfide) groups is 1. The SMILES string of the molecule is O=C1CC(CSc2nc3ccccc3s2)=NN1. The number of rotatable bonds is 3. The van der Waals surface area contributed by atoms with Gasteiger partial charge in [-0.25, -0.2) is 10.4 Å². The van der Waals surface area contributed by atoms with E-state index in [2.05, 4.69) is 21.6 Å². The maximum absolute atomic E-state index is 11.0. The average molecular weight is 263 g/mol. The summed E-state index contributed by atoms with van der Waals surface area (Å²) in [6.45, 7) is 0. The van der Waals surface area contributed by atoms with Gasteiger partial charge < -0.3 is 0 Å². The summed E-state index contributed by atoms with van der Waals surface area (Å²) in [6.07, 6.45) is 0.415. The summed E-state index contributed by atoms with van der Waals surface area (Å²) in [5.74, 6) is 0.698. The van der Waals surface area contributed by atoms with E-state index in [1.807, 2.05) is 18.2 Å². The molecule has 1 aliphatic heterocycles. The molecule has 4 nitrogen and oxygen atoms in total. The standard InChI is InChI=1S/C11H9N3OS2/c15-10-5-7(13-14-10)6-16-11-12-8-3-1-2-4-9(8)17-11/h1-4H,5-6H2,(H,14,15). The van der Waals surface area contributed by atoms with Crippen LogP contribution in [0.3, 0.4) is 0 Å². The maximum Gasteiger partial charge on any atom is 0.245 e. The summed E-state index contributed by atoms with van der Waals surface area (Å²) in [5, 5.41) is 3.96. The van der Waals surface area contributed by atoms with E-state index in [9.17, 15) is 4.79 Å². The summed E-state index contributed by atoms with van der Waals surface area (Å²) in [4.78, 5) is 15.5. The van der Waals surface area contributed by atoms with Crippen molar-refractivity contribution < 1.29 is 4.79 Å². The molecule has 0 saturated heterocycles. The van der Waals surface area contributed by atoms with Gasteiger partial charge in [0.25, 0.3) is 0 Å². The summed E-state index contributed by atoms with van der Waals surface area (Å²) < 4.78 is 2.21. The number of aromatic nitrogens is 1. The molecule has 0 bridgehead atoms. The Hall–Kier alpha value is -1.40. The summed E-state index contributed by atoms with van der Waals surface area (Å²) in [5.41, 5.74) is 4.37. The van der Waals surface area contributed by atoms with Crippen LogP contribution in [-0.4, -0.2) is 22.4 Å². The number of hydrazone groups is 1. The largest absolute Gasteiger partial charge is 0.273 e. The number of nitrogens with zero attached hydrogens (tertiary/aromatic N) is 2. The van der Waals surface area contributed by atoms with Crippen LogP contribution in [0.4, 0.5) is 0 Å². The first-order chi connectivity index (χ1) is 8.31. The van der Waals surface area contributed by atoms with Gasteiger partial charge in [-0.3, -0.25) is 4.79 Å². The highest BCUT2D eigenvalue weighted by atomic mass is 32.2. The van der Waals surface area contributed by atoms with Crippen molar-refractivity contribution in [3.63, 3.8) is 0 Å². The molecule has 3 rings (SSSR count). The van der Waals surface area contributed by atoms with Crippen molar-refractivity contribution in [3.8, 4) is 0 Å². The van der Waals surface area contributed by atoms with Gasteiger partial charge in [-0.2, -0.15) is 5.10 Å². The predicted octanol–water partition coefficient (Wildman–Crippen LogP) is 2.26. The monoisotopic (exact) mass is 263 g/mol. The van der Waals surface area contributed by atoms with Gasteiger partial charge in [-0.05, 0) is 12.1 Å². The third-order valence-corrected chi connectivity index (χ3v) is 4.59. The second-order valence-electron chi connectivity index (χ2n) is 3.63. The first-order valence-corrected chi connectivity index (χ1v) is 6.94. The zero-order valence-corrected chi connectivity index (χ0v) is 10.5. The Labute approximate surface area is 106 Å². The molecule has 1 aliphatic rings. The number of fused-ring (bicyclic) bond motifs is 1. The van der Waals surface area contributed by atoms with Crippen molar-refractivity contribution in [1.82, 2.24) is 10.4 Å². The fourth-order valence-electron chi connectivity index (χ4n) is 1.55. The van der Waals surface area contributed by atoms with E-state index in [1.54, 1.807) is 23.1 Å². The van der Waals surface area contributed by atoms with E-state index < -0.39 is 0 Å². The average Bonchev–Trinajstić information content (AvgIpc) is 2.91. The predicted molar refractivity (Wildman–Crippen MR) is 70.5 cm³/mol. The van der Waals surface area contributed by atoms with Crippen LogP contribution in [0.2, 0.25) is 0 Å². The second kappa shape index (κ2) is 4.46. The van der Waals surface area contributed by atoms with Gasteiger partial charge in [0, 0.05) is 5.75 Å². The Bertz CT molecular complexity index is 573. The van der Waals surface area contributed by atoms with Gasteiger partial charge in [0.2, 0.25) is 5.91 Å². The first kappa shape index (κ1) is 10.7. The molecule has 1 N–H and O–H groups in total. The Morgan fingerprint density at radius 2 is 2.29 bits per heavy atom. The highest BCUT2D eigenvalue weighted by molar-refractivity contribution is 8.01. The zero-order chi connectivity index (χ0) is 11.7. The normalized spacial score (nSPS) is 15.1.